The number of benzene rings is 1. The number of terminal acetylenes is 1. The van der Waals surface area contributed by atoms with Gasteiger partial charge in [0, 0.05) is 19.6 Å². The highest BCUT2D eigenvalue weighted by Gasteiger charge is 2.22. The highest BCUT2D eigenvalue weighted by atomic mass is 16.5. The molecule has 0 spiro atoms. The van der Waals surface area contributed by atoms with E-state index in [1.54, 1.807) is 7.11 Å². The van der Waals surface area contributed by atoms with Gasteiger partial charge < -0.3 is 20.1 Å². The van der Waals surface area contributed by atoms with Gasteiger partial charge in [0.2, 0.25) is 0 Å². The van der Waals surface area contributed by atoms with Crippen LogP contribution in [0.25, 0.3) is 0 Å². The van der Waals surface area contributed by atoms with Gasteiger partial charge in [0.1, 0.15) is 5.75 Å². The molecule has 0 aromatic heterocycles. The molecule has 1 unspecified atom stereocenters. The number of nitrogens with zero attached hydrogens (tertiary/aromatic N) is 2. The quantitative estimate of drug-likeness (QED) is 0.443. The van der Waals surface area contributed by atoms with E-state index >= 15 is 0 Å². The highest BCUT2D eigenvalue weighted by Crippen LogP contribution is 2.24. The standard InChI is InChI=1S/C19H28N4O2/c1-4-10-21-19(20-5-2)22-15-18(23-11-13-25-14-12-23)16-6-8-17(24-3)9-7-16/h1,6-9,18H,5,10-15H2,2-3H3,(H2,20,21,22). The number of morpholine rings is 1. The van der Waals surface area contributed by atoms with Crippen LogP contribution >= 0.6 is 0 Å². The summed E-state index contributed by atoms with van der Waals surface area (Å²) in [6.07, 6.45) is 5.33. The lowest BCUT2D eigenvalue weighted by Gasteiger charge is -2.34. The van der Waals surface area contributed by atoms with Gasteiger partial charge in [-0.15, -0.1) is 6.42 Å². The average molecular weight is 344 g/mol. The Morgan fingerprint density at radius 1 is 1.32 bits per heavy atom. The Balaban J connectivity index is 2.16. The lowest BCUT2D eigenvalue weighted by atomic mass is 10.0. The maximum Gasteiger partial charge on any atom is 0.192 e. The average Bonchev–Trinajstić information content (AvgIpc) is 2.67. The van der Waals surface area contributed by atoms with Crippen LogP contribution in [0, 0.1) is 12.3 Å². The van der Waals surface area contributed by atoms with E-state index in [1.165, 1.54) is 5.56 Å². The van der Waals surface area contributed by atoms with Crippen molar-refractivity contribution < 1.29 is 9.47 Å². The van der Waals surface area contributed by atoms with E-state index in [0.717, 1.165) is 44.6 Å². The van der Waals surface area contributed by atoms with Crippen molar-refractivity contribution in [3.05, 3.63) is 29.8 Å². The minimum atomic E-state index is 0.191. The molecular formula is C19H28N4O2. The Bertz CT molecular complexity index is 574. The van der Waals surface area contributed by atoms with Crippen LogP contribution in [0.5, 0.6) is 5.75 Å². The third kappa shape index (κ3) is 5.96. The van der Waals surface area contributed by atoms with Crippen molar-refractivity contribution in [1.82, 2.24) is 15.5 Å². The Kier molecular flexibility index (Phi) is 8.10. The molecule has 1 atom stereocenters. The summed E-state index contributed by atoms with van der Waals surface area (Å²) in [7, 11) is 1.68. The first kappa shape index (κ1) is 19.1. The minimum absolute atomic E-state index is 0.191. The Hall–Kier alpha value is -2.23. The van der Waals surface area contributed by atoms with Gasteiger partial charge in [-0.3, -0.25) is 9.89 Å². The van der Waals surface area contributed by atoms with Crippen molar-refractivity contribution in [1.29, 1.82) is 0 Å². The van der Waals surface area contributed by atoms with Gasteiger partial charge in [0.25, 0.3) is 0 Å². The van der Waals surface area contributed by atoms with Crippen molar-refractivity contribution in [2.45, 2.75) is 13.0 Å². The largest absolute Gasteiger partial charge is 0.497 e. The molecule has 25 heavy (non-hydrogen) atoms. The molecule has 0 radical (unpaired) electrons. The van der Waals surface area contributed by atoms with E-state index in [4.69, 9.17) is 20.9 Å². The normalized spacial score (nSPS) is 16.8. The van der Waals surface area contributed by atoms with E-state index in [1.807, 2.05) is 19.1 Å². The van der Waals surface area contributed by atoms with Crippen LogP contribution in [0.2, 0.25) is 0 Å². The molecule has 1 aliphatic heterocycles. The predicted octanol–water partition coefficient (Wildman–Crippen LogP) is 1.26. The van der Waals surface area contributed by atoms with E-state index in [-0.39, 0.29) is 6.04 Å². The van der Waals surface area contributed by atoms with Crippen LogP contribution in [-0.4, -0.2) is 63.9 Å². The number of methoxy groups -OCH3 is 1. The summed E-state index contributed by atoms with van der Waals surface area (Å²) >= 11 is 0. The van der Waals surface area contributed by atoms with Gasteiger partial charge in [-0.1, -0.05) is 18.1 Å². The Morgan fingerprint density at radius 2 is 2.04 bits per heavy atom. The second kappa shape index (κ2) is 10.6. The number of nitrogens with one attached hydrogen (secondary N) is 2. The van der Waals surface area contributed by atoms with Gasteiger partial charge >= 0.3 is 0 Å². The van der Waals surface area contributed by atoms with Gasteiger partial charge in [0.15, 0.2) is 5.96 Å². The van der Waals surface area contributed by atoms with Crippen molar-refractivity contribution in [3.63, 3.8) is 0 Å². The molecule has 0 bridgehead atoms. The molecule has 2 N–H and O–H groups in total. The molecule has 0 amide bonds. The van der Waals surface area contributed by atoms with Crippen LogP contribution in [0.4, 0.5) is 0 Å². The zero-order valence-corrected chi connectivity index (χ0v) is 15.1. The Morgan fingerprint density at radius 3 is 2.64 bits per heavy atom. The molecule has 0 aliphatic carbocycles. The van der Waals surface area contributed by atoms with E-state index < -0.39 is 0 Å². The summed E-state index contributed by atoms with van der Waals surface area (Å²) < 4.78 is 10.8. The van der Waals surface area contributed by atoms with E-state index in [0.29, 0.717) is 13.1 Å². The fourth-order valence-corrected chi connectivity index (χ4v) is 2.80. The number of hydrogen-bond donors (Lipinski definition) is 2. The maximum absolute atomic E-state index is 5.50. The summed E-state index contributed by atoms with van der Waals surface area (Å²) in [6.45, 7) is 7.25. The number of aliphatic imine (C=N–C) groups is 1. The molecule has 0 saturated carbocycles. The molecule has 1 fully saturated rings. The molecule has 6 heteroatoms. The van der Waals surface area contributed by atoms with Gasteiger partial charge in [-0.25, -0.2) is 0 Å². The second-order valence-electron chi connectivity index (χ2n) is 5.71. The number of guanidine groups is 1. The summed E-state index contributed by atoms with van der Waals surface area (Å²) in [5.41, 5.74) is 1.22. The fourth-order valence-electron chi connectivity index (χ4n) is 2.80. The zero-order valence-electron chi connectivity index (χ0n) is 15.1. The lowest BCUT2D eigenvalue weighted by molar-refractivity contribution is 0.0179. The molecular weight excluding hydrogens is 316 g/mol. The summed E-state index contributed by atoms with van der Waals surface area (Å²) in [4.78, 5) is 7.15. The lowest BCUT2D eigenvalue weighted by Crippen LogP contribution is -2.41. The first-order valence-electron chi connectivity index (χ1n) is 8.69. The maximum atomic E-state index is 5.50. The highest BCUT2D eigenvalue weighted by molar-refractivity contribution is 5.80. The molecule has 1 aliphatic rings. The first-order valence-corrected chi connectivity index (χ1v) is 8.69. The molecule has 136 valence electrons. The van der Waals surface area contributed by atoms with E-state index in [9.17, 15) is 0 Å². The number of rotatable bonds is 7. The third-order valence-electron chi connectivity index (χ3n) is 4.11. The minimum Gasteiger partial charge on any atom is -0.497 e. The number of hydrogen-bond acceptors (Lipinski definition) is 4. The molecule has 1 aromatic carbocycles. The second-order valence-corrected chi connectivity index (χ2v) is 5.71. The first-order chi connectivity index (χ1) is 12.3. The summed E-state index contributed by atoms with van der Waals surface area (Å²) in [5.74, 6) is 4.18. The van der Waals surface area contributed by atoms with Crippen molar-refractivity contribution in [3.8, 4) is 18.1 Å². The topological polar surface area (TPSA) is 58.1 Å². The summed E-state index contributed by atoms with van der Waals surface area (Å²) in [5, 5.41) is 6.36. The van der Waals surface area contributed by atoms with Gasteiger partial charge in [-0.05, 0) is 24.6 Å². The smallest absolute Gasteiger partial charge is 0.192 e. The summed E-state index contributed by atoms with van der Waals surface area (Å²) in [6, 6.07) is 8.39. The van der Waals surface area contributed by atoms with Crippen LogP contribution in [-0.2, 0) is 4.74 Å². The van der Waals surface area contributed by atoms with Crippen LogP contribution in [0.15, 0.2) is 29.3 Å². The van der Waals surface area contributed by atoms with Crippen molar-refractivity contribution in [2.24, 2.45) is 4.99 Å². The van der Waals surface area contributed by atoms with Crippen molar-refractivity contribution >= 4 is 5.96 Å². The molecule has 6 nitrogen and oxygen atoms in total. The number of ether oxygens (including phenoxy) is 2. The van der Waals surface area contributed by atoms with Crippen LogP contribution < -0.4 is 15.4 Å². The molecule has 1 aromatic rings. The van der Waals surface area contributed by atoms with Crippen LogP contribution in [0.1, 0.15) is 18.5 Å². The zero-order chi connectivity index (χ0) is 17.9. The monoisotopic (exact) mass is 344 g/mol. The molecule has 1 heterocycles. The Labute approximate surface area is 150 Å². The molecule has 2 rings (SSSR count). The third-order valence-corrected chi connectivity index (χ3v) is 4.11. The van der Waals surface area contributed by atoms with Crippen molar-refractivity contribution in [2.75, 3.05) is 53.0 Å². The van der Waals surface area contributed by atoms with Gasteiger partial charge in [0.05, 0.1) is 39.5 Å². The molecule has 1 saturated heterocycles. The van der Waals surface area contributed by atoms with Gasteiger partial charge in [-0.2, -0.15) is 0 Å². The van der Waals surface area contributed by atoms with Crippen LogP contribution in [0.3, 0.4) is 0 Å². The fraction of sp³-hybridized carbons (Fsp3) is 0.526. The van der Waals surface area contributed by atoms with E-state index in [2.05, 4.69) is 33.6 Å². The predicted molar refractivity (Wildman–Crippen MR) is 101 cm³/mol. The SMILES string of the molecule is C#CCNC(=NCC(c1ccc(OC)cc1)N1CCOCC1)NCC.